The Kier molecular flexibility index (Phi) is 4.36. The number of hydrogen-bond donors (Lipinski definition) is 2. The molecule has 2 aliphatic heterocycles. The summed E-state index contributed by atoms with van der Waals surface area (Å²) in [6.07, 6.45) is 1.86. The molecule has 7 heteroatoms. The van der Waals surface area contributed by atoms with Crippen molar-refractivity contribution in [3.05, 3.63) is 89.6 Å². The highest BCUT2D eigenvalue weighted by molar-refractivity contribution is 6.04. The van der Waals surface area contributed by atoms with E-state index in [0.717, 1.165) is 16.5 Å². The van der Waals surface area contributed by atoms with Gasteiger partial charge in [0.15, 0.2) is 11.5 Å². The molecule has 3 aromatic carbocycles. The summed E-state index contributed by atoms with van der Waals surface area (Å²) in [5.74, 6) is 0.366. The number of likely N-dealkylation sites (N-methyl/N-ethyl adjacent to an activating group) is 1. The summed E-state index contributed by atoms with van der Waals surface area (Å²) in [5, 5.41) is 4.09. The van der Waals surface area contributed by atoms with Crippen LogP contribution in [0.25, 0.3) is 10.9 Å². The second-order valence-corrected chi connectivity index (χ2v) is 8.31. The lowest BCUT2D eigenvalue weighted by Crippen LogP contribution is -2.44. The number of hydrogen-bond acceptors (Lipinski definition) is 4. The van der Waals surface area contributed by atoms with Crippen LogP contribution in [0.5, 0.6) is 11.5 Å². The third-order valence-corrected chi connectivity index (χ3v) is 6.42. The van der Waals surface area contributed by atoms with Gasteiger partial charge >= 0.3 is 0 Å². The minimum Gasteiger partial charge on any atom is -0.454 e. The maximum Gasteiger partial charge on any atom is 0.254 e. The van der Waals surface area contributed by atoms with Crippen molar-refractivity contribution in [2.24, 2.45) is 0 Å². The Bertz CT molecular complexity index is 1410. The molecule has 0 saturated heterocycles. The monoisotopic (exact) mass is 439 g/mol. The zero-order valence-corrected chi connectivity index (χ0v) is 17.9. The fraction of sp³-hybridized carbons (Fsp3) is 0.154. The number of nitrogens with one attached hydrogen (secondary N) is 2. The van der Waals surface area contributed by atoms with Crippen LogP contribution in [0.3, 0.4) is 0 Å². The summed E-state index contributed by atoms with van der Waals surface area (Å²) in [5.41, 5.74) is 3.76. The molecule has 0 saturated carbocycles. The molecule has 164 valence electrons. The van der Waals surface area contributed by atoms with Crippen LogP contribution < -0.4 is 14.8 Å². The van der Waals surface area contributed by atoms with E-state index < -0.39 is 12.0 Å². The number of nitrogens with zero attached hydrogens (tertiary/aromatic N) is 1. The van der Waals surface area contributed by atoms with Gasteiger partial charge in [0.1, 0.15) is 0 Å². The maximum absolute atomic E-state index is 13.8. The lowest BCUT2D eigenvalue weighted by molar-refractivity contribution is -0.119. The van der Waals surface area contributed by atoms with E-state index in [2.05, 4.69) is 10.3 Å². The molecular weight excluding hydrogens is 418 g/mol. The summed E-state index contributed by atoms with van der Waals surface area (Å²) < 4.78 is 11.0. The van der Waals surface area contributed by atoms with Gasteiger partial charge in [-0.05, 0) is 53.6 Å². The highest BCUT2D eigenvalue weighted by atomic mass is 16.7. The van der Waals surface area contributed by atoms with Gasteiger partial charge in [-0.25, -0.2) is 0 Å². The lowest BCUT2D eigenvalue weighted by atomic mass is 9.79. The van der Waals surface area contributed by atoms with Gasteiger partial charge in [-0.15, -0.1) is 0 Å². The molecule has 2 N–H and O–H groups in total. The van der Waals surface area contributed by atoms with E-state index in [9.17, 15) is 9.59 Å². The Morgan fingerprint density at radius 3 is 2.79 bits per heavy atom. The molecule has 1 aromatic heterocycles. The topological polar surface area (TPSA) is 83.7 Å². The second kappa shape index (κ2) is 7.41. The summed E-state index contributed by atoms with van der Waals surface area (Å²) in [6, 6.07) is 20.1. The largest absolute Gasteiger partial charge is 0.454 e. The van der Waals surface area contributed by atoms with Gasteiger partial charge in [-0.3, -0.25) is 9.59 Å². The molecule has 0 radical (unpaired) electrons. The molecule has 2 amide bonds. The van der Waals surface area contributed by atoms with Crippen molar-refractivity contribution in [2.75, 3.05) is 19.2 Å². The molecule has 2 unspecified atom stereocenters. The number of H-pyrrole nitrogens is 1. The molecule has 3 heterocycles. The SMILES string of the molecule is CN1C(=O)c2ccccc2C(C(=O)Nc2ccc3[nH]ccc3c2)C1c1ccc2c(c1)OCO2. The van der Waals surface area contributed by atoms with Gasteiger partial charge in [0, 0.05) is 35.4 Å². The van der Waals surface area contributed by atoms with Crippen LogP contribution in [0.2, 0.25) is 0 Å². The Morgan fingerprint density at radius 2 is 1.88 bits per heavy atom. The first-order valence-corrected chi connectivity index (χ1v) is 10.7. The Hall–Kier alpha value is -4.26. The molecule has 7 nitrogen and oxygen atoms in total. The Labute approximate surface area is 189 Å². The lowest BCUT2D eigenvalue weighted by Gasteiger charge is -2.39. The smallest absolute Gasteiger partial charge is 0.254 e. The van der Waals surface area contributed by atoms with Crippen LogP contribution in [-0.4, -0.2) is 35.5 Å². The first-order chi connectivity index (χ1) is 16.1. The zero-order chi connectivity index (χ0) is 22.5. The van der Waals surface area contributed by atoms with Crippen LogP contribution in [-0.2, 0) is 4.79 Å². The minimum atomic E-state index is -0.605. The van der Waals surface area contributed by atoms with Crippen molar-refractivity contribution in [1.29, 1.82) is 0 Å². The number of aromatic amines is 1. The number of carbonyl (C=O) groups excluding carboxylic acids is 2. The fourth-order valence-corrected chi connectivity index (χ4v) is 4.82. The number of fused-ring (bicyclic) bond motifs is 3. The number of anilines is 1. The number of carbonyl (C=O) groups is 2. The van der Waals surface area contributed by atoms with E-state index in [-0.39, 0.29) is 18.6 Å². The predicted octanol–water partition coefficient (Wildman–Crippen LogP) is 4.45. The highest BCUT2D eigenvalue weighted by Crippen LogP contribution is 2.45. The quantitative estimate of drug-likeness (QED) is 0.494. The molecule has 0 spiro atoms. The van der Waals surface area contributed by atoms with Gasteiger partial charge in [0.05, 0.1) is 12.0 Å². The summed E-state index contributed by atoms with van der Waals surface area (Å²) in [7, 11) is 1.74. The Morgan fingerprint density at radius 1 is 1.03 bits per heavy atom. The van der Waals surface area contributed by atoms with Gasteiger partial charge in [0.25, 0.3) is 5.91 Å². The molecule has 0 bridgehead atoms. The molecule has 0 fully saturated rings. The van der Waals surface area contributed by atoms with Gasteiger partial charge < -0.3 is 24.7 Å². The van der Waals surface area contributed by atoms with Gasteiger partial charge in [-0.1, -0.05) is 24.3 Å². The summed E-state index contributed by atoms with van der Waals surface area (Å²) >= 11 is 0. The van der Waals surface area contributed by atoms with Crippen LogP contribution >= 0.6 is 0 Å². The summed E-state index contributed by atoms with van der Waals surface area (Å²) in [6.45, 7) is 0.159. The molecule has 2 atom stereocenters. The number of benzene rings is 3. The van der Waals surface area contributed by atoms with E-state index in [1.165, 1.54) is 0 Å². The maximum atomic E-state index is 13.8. The Balaban J connectivity index is 1.44. The van der Waals surface area contributed by atoms with Crippen molar-refractivity contribution in [3.63, 3.8) is 0 Å². The number of ether oxygens (including phenoxy) is 2. The van der Waals surface area contributed by atoms with Crippen LogP contribution in [0, 0.1) is 0 Å². The average Bonchev–Trinajstić information content (AvgIpc) is 3.49. The van der Waals surface area contributed by atoms with Crippen molar-refractivity contribution < 1.29 is 19.1 Å². The van der Waals surface area contributed by atoms with Gasteiger partial charge in [-0.2, -0.15) is 0 Å². The van der Waals surface area contributed by atoms with Crippen LogP contribution in [0.4, 0.5) is 5.69 Å². The fourth-order valence-electron chi connectivity index (χ4n) is 4.82. The third kappa shape index (κ3) is 3.12. The number of rotatable bonds is 3. The van der Waals surface area contributed by atoms with E-state index >= 15 is 0 Å². The van der Waals surface area contributed by atoms with Crippen molar-refractivity contribution in [1.82, 2.24) is 9.88 Å². The van der Waals surface area contributed by atoms with Crippen molar-refractivity contribution in [2.45, 2.75) is 12.0 Å². The third-order valence-electron chi connectivity index (χ3n) is 6.42. The molecule has 33 heavy (non-hydrogen) atoms. The van der Waals surface area contributed by atoms with Crippen molar-refractivity contribution in [3.8, 4) is 11.5 Å². The first-order valence-electron chi connectivity index (χ1n) is 10.7. The van der Waals surface area contributed by atoms with E-state index in [1.54, 1.807) is 18.0 Å². The zero-order valence-electron chi connectivity index (χ0n) is 17.9. The standard InChI is InChI=1S/C26H21N3O4/c1-29-24(16-6-9-21-22(13-16)33-14-32-21)23(18-4-2-3-5-19(18)26(29)31)25(30)28-17-7-8-20-15(12-17)10-11-27-20/h2-13,23-24,27H,14H2,1H3,(H,28,30). The highest BCUT2D eigenvalue weighted by Gasteiger charge is 2.43. The normalized spacial score (nSPS) is 18.9. The van der Waals surface area contributed by atoms with Gasteiger partial charge in [0.2, 0.25) is 12.7 Å². The molecule has 4 aromatic rings. The molecular formula is C26H21N3O4. The van der Waals surface area contributed by atoms with E-state index in [1.807, 2.05) is 66.9 Å². The van der Waals surface area contributed by atoms with Crippen LogP contribution in [0.1, 0.15) is 33.4 Å². The van der Waals surface area contributed by atoms with E-state index in [4.69, 9.17) is 9.47 Å². The average molecular weight is 439 g/mol. The second-order valence-electron chi connectivity index (χ2n) is 8.31. The first kappa shape index (κ1) is 19.4. The summed E-state index contributed by atoms with van der Waals surface area (Å²) in [4.78, 5) is 31.8. The molecule has 6 rings (SSSR count). The number of aromatic nitrogens is 1. The van der Waals surface area contributed by atoms with Crippen molar-refractivity contribution >= 4 is 28.4 Å². The number of amides is 2. The van der Waals surface area contributed by atoms with Crippen LogP contribution in [0.15, 0.2) is 72.9 Å². The molecule has 2 aliphatic rings. The predicted molar refractivity (Wildman–Crippen MR) is 124 cm³/mol. The minimum absolute atomic E-state index is 0.119. The molecule has 0 aliphatic carbocycles. The van der Waals surface area contributed by atoms with E-state index in [0.29, 0.717) is 28.3 Å².